The molecule has 0 spiro atoms. The van der Waals surface area contributed by atoms with E-state index in [1.165, 1.54) is 0 Å². The minimum atomic E-state index is -0.597. The average Bonchev–Trinajstić information content (AvgIpc) is 2.55. The Morgan fingerprint density at radius 2 is 1.72 bits per heavy atom. The van der Waals surface area contributed by atoms with Crippen molar-refractivity contribution in [3.05, 3.63) is 59.7 Å². The van der Waals surface area contributed by atoms with Gasteiger partial charge < -0.3 is 14.8 Å². The molecule has 2 aromatic rings. The zero-order valence-corrected chi connectivity index (χ0v) is 14.5. The molecule has 0 bridgehead atoms. The highest BCUT2D eigenvalue weighted by Gasteiger charge is 2.12. The first kappa shape index (κ1) is 18.3. The van der Waals surface area contributed by atoms with Crippen molar-refractivity contribution in [2.24, 2.45) is 0 Å². The first-order chi connectivity index (χ1) is 11.9. The van der Waals surface area contributed by atoms with Crippen LogP contribution in [0.15, 0.2) is 48.5 Å². The SMILES string of the molecule is Cc1ccc(NC(=O)O[C@H](C)CNC(=O)Oc2cccc(C)c2)cc1. The second-order valence-corrected chi connectivity index (χ2v) is 5.79. The summed E-state index contributed by atoms with van der Waals surface area (Å²) < 4.78 is 10.3. The van der Waals surface area contributed by atoms with E-state index < -0.39 is 18.3 Å². The average molecular weight is 342 g/mol. The van der Waals surface area contributed by atoms with Crippen molar-refractivity contribution in [2.75, 3.05) is 11.9 Å². The van der Waals surface area contributed by atoms with Crippen LogP contribution in [0.2, 0.25) is 0 Å². The van der Waals surface area contributed by atoms with Crippen molar-refractivity contribution in [3.63, 3.8) is 0 Å². The van der Waals surface area contributed by atoms with Gasteiger partial charge >= 0.3 is 12.2 Å². The van der Waals surface area contributed by atoms with E-state index in [0.717, 1.165) is 11.1 Å². The summed E-state index contributed by atoms with van der Waals surface area (Å²) >= 11 is 0. The van der Waals surface area contributed by atoms with Crippen molar-refractivity contribution in [3.8, 4) is 5.75 Å². The van der Waals surface area contributed by atoms with Crippen LogP contribution in [0.5, 0.6) is 5.75 Å². The number of rotatable bonds is 5. The van der Waals surface area contributed by atoms with Gasteiger partial charge in [0.15, 0.2) is 0 Å². The normalized spacial score (nSPS) is 11.3. The fourth-order valence-electron chi connectivity index (χ4n) is 2.06. The lowest BCUT2D eigenvalue weighted by Gasteiger charge is -2.15. The molecular weight excluding hydrogens is 320 g/mol. The zero-order valence-electron chi connectivity index (χ0n) is 14.5. The molecule has 0 aliphatic rings. The van der Waals surface area contributed by atoms with E-state index in [-0.39, 0.29) is 6.54 Å². The summed E-state index contributed by atoms with van der Waals surface area (Å²) in [5, 5.41) is 5.19. The largest absolute Gasteiger partial charge is 0.444 e. The molecular formula is C19H22N2O4. The van der Waals surface area contributed by atoms with Crippen LogP contribution in [0, 0.1) is 13.8 Å². The lowest BCUT2D eigenvalue weighted by atomic mass is 10.2. The first-order valence-electron chi connectivity index (χ1n) is 7.99. The fraction of sp³-hybridized carbons (Fsp3) is 0.263. The van der Waals surface area contributed by atoms with E-state index in [1.807, 2.05) is 32.0 Å². The van der Waals surface area contributed by atoms with Gasteiger partial charge in [-0.05, 0) is 50.6 Å². The van der Waals surface area contributed by atoms with Crippen LogP contribution in [0.4, 0.5) is 15.3 Å². The molecule has 132 valence electrons. The first-order valence-corrected chi connectivity index (χ1v) is 7.99. The second kappa shape index (κ2) is 8.73. The number of hydrogen-bond donors (Lipinski definition) is 2. The van der Waals surface area contributed by atoms with Crippen LogP contribution >= 0.6 is 0 Å². The van der Waals surface area contributed by atoms with Gasteiger partial charge in [-0.1, -0.05) is 29.8 Å². The molecule has 0 aromatic heterocycles. The van der Waals surface area contributed by atoms with Crippen LogP contribution in [0.3, 0.4) is 0 Å². The third kappa shape index (κ3) is 6.55. The smallest absolute Gasteiger partial charge is 0.412 e. The quantitative estimate of drug-likeness (QED) is 0.860. The highest BCUT2D eigenvalue weighted by atomic mass is 16.6. The Labute approximate surface area is 147 Å². The number of nitrogens with one attached hydrogen (secondary N) is 2. The molecule has 0 aliphatic carbocycles. The summed E-state index contributed by atoms with van der Waals surface area (Å²) in [6.07, 6.45) is -1.68. The molecule has 0 heterocycles. The van der Waals surface area contributed by atoms with Crippen LogP contribution in [-0.4, -0.2) is 24.8 Å². The Hall–Kier alpha value is -3.02. The maximum absolute atomic E-state index is 11.8. The van der Waals surface area contributed by atoms with Gasteiger partial charge in [0.25, 0.3) is 0 Å². The molecule has 0 saturated heterocycles. The van der Waals surface area contributed by atoms with E-state index in [9.17, 15) is 9.59 Å². The van der Waals surface area contributed by atoms with Crippen LogP contribution in [-0.2, 0) is 4.74 Å². The fourth-order valence-corrected chi connectivity index (χ4v) is 2.06. The number of carbonyl (C=O) groups is 2. The third-order valence-corrected chi connectivity index (χ3v) is 3.34. The van der Waals surface area contributed by atoms with Gasteiger partial charge in [0.2, 0.25) is 0 Å². The Morgan fingerprint density at radius 1 is 1.00 bits per heavy atom. The minimum Gasteiger partial charge on any atom is -0.444 e. The molecule has 0 fully saturated rings. The number of hydrogen-bond acceptors (Lipinski definition) is 4. The van der Waals surface area contributed by atoms with Gasteiger partial charge in [0.1, 0.15) is 11.9 Å². The van der Waals surface area contributed by atoms with Crippen LogP contribution in [0.1, 0.15) is 18.1 Å². The highest BCUT2D eigenvalue weighted by Crippen LogP contribution is 2.12. The molecule has 1 atom stereocenters. The summed E-state index contributed by atoms with van der Waals surface area (Å²) in [6.45, 7) is 5.70. The molecule has 2 N–H and O–H groups in total. The third-order valence-electron chi connectivity index (χ3n) is 3.34. The summed E-state index contributed by atoms with van der Waals surface area (Å²) in [5.41, 5.74) is 2.74. The van der Waals surface area contributed by atoms with Crippen molar-refractivity contribution in [1.29, 1.82) is 0 Å². The molecule has 25 heavy (non-hydrogen) atoms. The van der Waals surface area contributed by atoms with Crippen molar-refractivity contribution < 1.29 is 19.1 Å². The van der Waals surface area contributed by atoms with Gasteiger partial charge in [-0.15, -0.1) is 0 Å². The topological polar surface area (TPSA) is 76.7 Å². The van der Waals surface area contributed by atoms with Crippen molar-refractivity contribution in [2.45, 2.75) is 26.9 Å². The summed E-state index contributed by atoms with van der Waals surface area (Å²) in [4.78, 5) is 23.6. The lowest BCUT2D eigenvalue weighted by Crippen LogP contribution is -2.35. The summed E-state index contributed by atoms with van der Waals surface area (Å²) in [7, 11) is 0. The Morgan fingerprint density at radius 3 is 2.40 bits per heavy atom. The maximum atomic E-state index is 11.8. The van der Waals surface area contributed by atoms with Gasteiger partial charge in [-0.3, -0.25) is 5.32 Å². The number of carbonyl (C=O) groups excluding carboxylic acids is 2. The number of aryl methyl sites for hydroxylation is 2. The predicted octanol–water partition coefficient (Wildman–Crippen LogP) is 4.03. The second-order valence-electron chi connectivity index (χ2n) is 5.79. The van der Waals surface area contributed by atoms with Gasteiger partial charge in [0, 0.05) is 5.69 Å². The van der Waals surface area contributed by atoms with Crippen molar-refractivity contribution in [1.82, 2.24) is 5.32 Å². The van der Waals surface area contributed by atoms with E-state index in [1.54, 1.807) is 37.3 Å². The molecule has 2 rings (SSSR count). The molecule has 2 amide bonds. The number of ether oxygens (including phenoxy) is 2. The zero-order chi connectivity index (χ0) is 18.2. The minimum absolute atomic E-state index is 0.145. The Bertz CT molecular complexity index is 728. The predicted molar refractivity (Wildman–Crippen MR) is 96.0 cm³/mol. The Balaban J connectivity index is 1.72. The lowest BCUT2D eigenvalue weighted by molar-refractivity contribution is 0.118. The highest BCUT2D eigenvalue weighted by molar-refractivity contribution is 5.84. The van der Waals surface area contributed by atoms with Gasteiger partial charge in [-0.2, -0.15) is 0 Å². The van der Waals surface area contributed by atoms with Gasteiger partial charge in [-0.25, -0.2) is 9.59 Å². The number of benzene rings is 2. The van der Waals surface area contributed by atoms with Gasteiger partial charge in [0.05, 0.1) is 6.54 Å². The Kier molecular flexibility index (Phi) is 6.39. The standard InChI is InChI=1S/C19H22N2O4/c1-13-7-9-16(10-8-13)21-19(23)24-15(3)12-20-18(22)25-17-6-4-5-14(2)11-17/h4-11,15H,12H2,1-3H3,(H,20,22)(H,21,23)/t15-/m1/s1. The van der Waals surface area contributed by atoms with E-state index in [2.05, 4.69) is 10.6 Å². The van der Waals surface area contributed by atoms with E-state index in [0.29, 0.717) is 11.4 Å². The van der Waals surface area contributed by atoms with Crippen LogP contribution < -0.4 is 15.4 Å². The molecule has 0 unspecified atom stereocenters. The summed E-state index contributed by atoms with van der Waals surface area (Å²) in [5.74, 6) is 0.461. The number of anilines is 1. The molecule has 0 aliphatic heterocycles. The van der Waals surface area contributed by atoms with Crippen molar-refractivity contribution >= 4 is 17.9 Å². The maximum Gasteiger partial charge on any atom is 0.412 e. The molecule has 0 saturated carbocycles. The molecule has 6 heteroatoms. The molecule has 0 radical (unpaired) electrons. The molecule has 6 nitrogen and oxygen atoms in total. The monoisotopic (exact) mass is 342 g/mol. The van der Waals surface area contributed by atoms with E-state index in [4.69, 9.17) is 9.47 Å². The summed E-state index contributed by atoms with van der Waals surface area (Å²) in [6, 6.07) is 14.5. The van der Waals surface area contributed by atoms with E-state index >= 15 is 0 Å². The molecule has 2 aromatic carbocycles. The van der Waals surface area contributed by atoms with Crippen LogP contribution in [0.25, 0.3) is 0 Å². The number of amides is 2.